The van der Waals surface area contributed by atoms with E-state index in [1.54, 1.807) is 13.0 Å². The van der Waals surface area contributed by atoms with Gasteiger partial charge in [-0.1, -0.05) is 54.1 Å². The molecule has 178 valence electrons. The Morgan fingerprint density at radius 2 is 1.97 bits per heavy atom. The van der Waals surface area contributed by atoms with E-state index in [1.807, 2.05) is 31.2 Å². The predicted octanol–water partition coefficient (Wildman–Crippen LogP) is 4.72. The Balaban J connectivity index is 1.51. The van der Waals surface area contributed by atoms with Crippen LogP contribution in [0, 0.1) is 6.92 Å². The molecule has 1 fully saturated rings. The number of hydrogen-bond donors (Lipinski definition) is 1. The van der Waals surface area contributed by atoms with Crippen LogP contribution in [0.4, 0.5) is 0 Å². The number of aliphatic hydroxyl groups excluding tert-OH is 1. The monoisotopic (exact) mass is 451 g/mol. The Kier molecular flexibility index (Phi) is 9.67. The van der Waals surface area contributed by atoms with Gasteiger partial charge >= 0.3 is 5.97 Å². The molecular formula is C28H37NO4. The molecular weight excluding hydrogens is 414 g/mol. The highest BCUT2D eigenvalue weighted by Crippen LogP contribution is 2.24. The molecule has 0 aliphatic carbocycles. The van der Waals surface area contributed by atoms with E-state index < -0.39 is 6.10 Å². The molecule has 0 spiro atoms. The first kappa shape index (κ1) is 25.2. The summed E-state index contributed by atoms with van der Waals surface area (Å²) in [5.41, 5.74) is 4.51. The minimum Gasteiger partial charge on any atom is -0.463 e. The molecule has 1 N–H and O–H groups in total. The minimum absolute atomic E-state index is 0.204. The zero-order chi connectivity index (χ0) is 23.6. The number of benzene rings is 2. The Bertz CT molecular complexity index is 908. The van der Waals surface area contributed by atoms with Gasteiger partial charge < -0.3 is 14.6 Å². The number of aryl methyl sites for hydroxylation is 1. The maximum absolute atomic E-state index is 11.7. The van der Waals surface area contributed by atoms with E-state index in [-0.39, 0.29) is 18.7 Å². The van der Waals surface area contributed by atoms with Crippen molar-refractivity contribution in [3.63, 3.8) is 0 Å². The van der Waals surface area contributed by atoms with Gasteiger partial charge in [0.2, 0.25) is 0 Å². The maximum Gasteiger partial charge on any atom is 0.330 e. The fourth-order valence-electron chi connectivity index (χ4n) is 4.41. The largest absolute Gasteiger partial charge is 0.463 e. The number of carbonyl (C=O) groups excluding carboxylic acids is 1. The zero-order valence-corrected chi connectivity index (χ0v) is 20.1. The molecule has 0 unspecified atom stereocenters. The molecule has 0 saturated carbocycles. The summed E-state index contributed by atoms with van der Waals surface area (Å²) in [5, 5.41) is 10.7. The molecule has 1 aliphatic heterocycles. The van der Waals surface area contributed by atoms with Crippen molar-refractivity contribution in [2.45, 2.75) is 58.3 Å². The first-order valence-electron chi connectivity index (χ1n) is 12.0. The van der Waals surface area contributed by atoms with Gasteiger partial charge in [-0.2, -0.15) is 0 Å². The lowest BCUT2D eigenvalue weighted by atomic mass is 10.0. The second kappa shape index (κ2) is 12.7. The van der Waals surface area contributed by atoms with Crippen LogP contribution in [0.1, 0.15) is 55.0 Å². The summed E-state index contributed by atoms with van der Waals surface area (Å²) in [5.74, 6) is -0.359. The van der Waals surface area contributed by atoms with Crippen LogP contribution in [-0.4, -0.2) is 54.4 Å². The maximum atomic E-state index is 11.7. The number of carbonyl (C=O) groups is 1. The lowest BCUT2D eigenvalue weighted by Gasteiger charge is -2.27. The second-order valence-electron chi connectivity index (χ2n) is 8.82. The SMILES string of the molecule is CCOC(=O)C=Cc1ccccc1[C@@H](C)OC[C@H](O)CN1CCC[C@H]1Cc1ccc(C)cc1. The standard InChI is InChI=1S/C28H37NO4/c1-4-32-28(31)16-15-24-8-5-6-10-27(24)22(3)33-20-26(30)19-29-17-7-9-25(29)18-23-13-11-21(2)12-14-23/h5-6,8,10-16,22,25-26,30H,4,7,9,17-20H2,1-3H3/t22-,25+,26-/m1/s1. The molecule has 5 nitrogen and oxygen atoms in total. The van der Waals surface area contributed by atoms with Crippen molar-refractivity contribution >= 4 is 12.0 Å². The van der Waals surface area contributed by atoms with Crippen LogP contribution in [0.5, 0.6) is 0 Å². The Morgan fingerprint density at radius 1 is 1.21 bits per heavy atom. The normalized spacial score (nSPS) is 18.5. The van der Waals surface area contributed by atoms with Crippen molar-refractivity contribution in [1.82, 2.24) is 4.90 Å². The van der Waals surface area contributed by atoms with E-state index >= 15 is 0 Å². The predicted molar refractivity (Wildman–Crippen MR) is 132 cm³/mol. The number of hydrogen-bond acceptors (Lipinski definition) is 5. The third-order valence-corrected chi connectivity index (χ3v) is 6.19. The number of nitrogens with zero attached hydrogens (tertiary/aromatic N) is 1. The van der Waals surface area contributed by atoms with E-state index in [1.165, 1.54) is 23.6 Å². The van der Waals surface area contributed by atoms with Crippen molar-refractivity contribution in [3.8, 4) is 0 Å². The molecule has 2 aromatic rings. The summed E-state index contributed by atoms with van der Waals surface area (Å²) in [4.78, 5) is 14.1. The Labute approximate surface area is 198 Å². The first-order valence-corrected chi connectivity index (χ1v) is 12.0. The quantitative estimate of drug-likeness (QED) is 0.396. The van der Waals surface area contributed by atoms with Crippen molar-refractivity contribution in [1.29, 1.82) is 0 Å². The molecule has 33 heavy (non-hydrogen) atoms. The van der Waals surface area contributed by atoms with Crippen LogP contribution in [0.15, 0.2) is 54.6 Å². The van der Waals surface area contributed by atoms with E-state index in [2.05, 4.69) is 36.1 Å². The highest BCUT2D eigenvalue weighted by Gasteiger charge is 2.26. The van der Waals surface area contributed by atoms with Gasteiger partial charge in [0.05, 0.1) is 25.4 Å². The first-order chi connectivity index (χ1) is 16.0. The summed E-state index contributed by atoms with van der Waals surface area (Å²) >= 11 is 0. The Morgan fingerprint density at radius 3 is 2.73 bits per heavy atom. The average molecular weight is 452 g/mol. The Hall–Kier alpha value is -2.47. The van der Waals surface area contributed by atoms with Crippen LogP contribution in [-0.2, 0) is 20.7 Å². The highest BCUT2D eigenvalue weighted by atomic mass is 16.5. The molecule has 1 aliphatic rings. The smallest absolute Gasteiger partial charge is 0.330 e. The van der Waals surface area contributed by atoms with Gasteiger partial charge in [0.25, 0.3) is 0 Å². The molecule has 0 bridgehead atoms. The average Bonchev–Trinajstić information content (AvgIpc) is 3.24. The molecule has 1 heterocycles. The van der Waals surface area contributed by atoms with E-state index in [0.717, 1.165) is 30.5 Å². The van der Waals surface area contributed by atoms with E-state index in [0.29, 0.717) is 19.2 Å². The van der Waals surface area contributed by atoms with Crippen molar-refractivity contribution < 1.29 is 19.4 Å². The van der Waals surface area contributed by atoms with Gasteiger partial charge in [-0.25, -0.2) is 4.79 Å². The molecule has 1 saturated heterocycles. The number of esters is 1. The third kappa shape index (κ3) is 7.81. The third-order valence-electron chi connectivity index (χ3n) is 6.19. The number of ether oxygens (including phenoxy) is 2. The van der Waals surface area contributed by atoms with Gasteiger partial charge in [0.1, 0.15) is 0 Å². The molecule has 3 rings (SSSR count). The van der Waals surface area contributed by atoms with Crippen LogP contribution in [0.2, 0.25) is 0 Å². The van der Waals surface area contributed by atoms with Crippen LogP contribution in [0.3, 0.4) is 0 Å². The summed E-state index contributed by atoms with van der Waals surface area (Å²) in [6, 6.07) is 17.0. The summed E-state index contributed by atoms with van der Waals surface area (Å²) < 4.78 is 11.0. The molecule has 5 heteroatoms. The van der Waals surface area contributed by atoms with Gasteiger partial charge in [0, 0.05) is 18.7 Å². The van der Waals surface area contributed by atoms with E-state index in [4.69, 9.17) is 9.47 Å². The topological polar surface area (TPSA) is 59.0 Å². The second-order valence-corrected chi connectivity index (χ2v) is 8.82. The van der Waals surface area contributed by atoms with Gasteiger partial charge in [-0.3, -0.25) is 4.90 Å². The summed E-state index contributed by atoms with van der Waals surface area (Å²) in [6.45, 7) is 8.12. The van der Waals surface area contributed by atoms with Crippen molar-refractivity contribution in [2.24, 2.45) is 0 Å². The molecule has 0 aromatic heterocycles. The zero-order valence-electron chi connectivity index (χ0n) is 20.1. The van der Waals surface area contributed by atoms with Crippen molar-refractivity contribution in [2.75, 3.05) is 26.3 Å². The summed E-state index contributed by atoms with van der Waals surface area (Å²) in [7, 11) is 0. The van der Waals surface area contributed by atoms with Gasteiger partial charge in [-0.05, 0) is 69.3 Å². The lowest BCUT2D eigenvalue weighted by Crippen LogP contribution is -2.39. The molecule has 3 atom stereocenters. The molecule has 0 amide bonds. The fraction of sp³-hybridized carbons (Fsp3) is 0.464. The number of aliphatic hydroxyl groups is 1. The minimum atomic E-state index is -0.548. The fourth-order valence-corrected chi connectivity index (χ4v) is 4.41. The number of likely N-dealkylation sites (tertiary alicyclic amines) is 1. The van der Waals surface area contributed by atoms with Crippen molar-refractivity contribution in [3.05, 3.63) is 76.9 Å². The number of β-amino-alcohol motifs (C(OH)–C–C–N with tert-alkyl or cyclic N) is 1. The molecule has 2 aromatic carbocycles. The van der Waals surface area contributed by atoms with Crippen LogP contribution < -0.4 is 0 Å². The number of rotatable bonds is 11. The van der Waals surface area contributed by atoms with Crippen LogP contribution >= 0.6 is 0 Å². The van der Waals surface area contributed by atoms with E-state index in [9.17, 15) is 9.90 Å². The van der Waals surface area contributed by atoms with Gasteiger partial charge in [0.15, 0.2) is 0 Å². The molecule has 0 radical (unpaired) electrons. The van der Waals surface area contributed by atoms with Crippen LogP contribution in [0.25, 0.3) is 6.08 Å². The lowest BCUT2D eigenvalue weighted by molar-refractivity contribution is -0.137. The van der Waals surface area contributed by atoms with Gasteiger partial charge in [-0.15, -0.1) is 0 Å². The summed E-state index contributed by atoms with van der Waals surface area (Å²) in [6.07, 6.45) is 5.79. The highest BCUT2D eigenvalue weighted by molar-refractivity contribution is 5.87.